The van der Waals surface area contributed by atoms with Gasteiger partial charge in [0.05, 0.1) is 0 Å². The third-order valence-electron chi connectivity index (χ3n) is 2.68. The van der Waals surface area contributed by atoms with Gasteiger partial charge in [0, 0.05) is 24.4 Å². The Hall–Kier alpha value is -2.24. The van der Waals surface area contributed by atoms with Gasteiger partial charge in [-0.1, -0.05) is 13.8 Å². The average molecular weight is 280 g/mol. The summed E-state index contributed by atoms with van der Waals surface area (Å²) >= 11 is 0. The van der Waals surface area contributed by atoms with Gasteiger partial charge in [-0.3, -0.25) is 4.68 Å². The van der Waals surface area contributed by atoms with Crippen molar-refractivity contribution in [3.05, 3.63) is 41.6 Å². The molecule has 0 spiro atoms. The average Bonchev–Trinajstić information content (AvgIpc) is 2.70. The number of benzene rings is 1. The SMILES string of the molecule is CC(C)Cn1cc(C(=O)O)c(-c2cc(F)cc(F)c2)n1. The smallest absolute Gasteiger partial charge is 0.339 e. The topological polar surface area (TPSA) is 55.1 Å². The van der Waals surface area contributed by atoms with Crippen LogP contribution in [-0.4, -0.2) is 20.9 Å². The second-order valence-corrected chi connectivity index (χ2v) is 4.97. The normalized spacial score (nSPS) is 11.1. The van der Waals surface area contributed by atoms with Crippen molar-refractivity contribution in [3.8, 4) is 11.3 Å². The Morgan fingerprint density at radius 2 is 1.90 bits per heavy atom. The number of hydrogen-bond acceptors (Lipinski definition) is 2. The zero-order valence-electron chi connectivity index (χ0n) is 11.1. The van der Waals surface area contributed by atoms with Crippen LogP contribution in [0.25, 0.3) is 11.3 Å². The van der Waals surface area contributed by atoms with Crippen LogP contribution in [0.4, 0.5) is 8.78 Å². The molecule has 0 radical (unpaired) electrons. The lowest BCUT2D eigenvalue weighted by molar-refractivity contribution is 0.0697. The molecule has 0 amide bonds. The Labute approximate surface area is 114 Å². The molecule has 0 atom stereocenters. The first-order valence-electron chi connectivity index (χ1n) is 6.14. The summed E-state index contributed by atoms with van der Waals surface area (Å²) in [4.78, 5) is 11.2. The third-order valence-corrected chi connectivity index (χ3v) is 2.68. The van der Waals surface area contributed by atoms with Crippen molar-refractivity contribution in [2.45, 2.75) is 20.4 Å². The molecule has 1 heterocycles. The van der Waals surface area contributed by atoms with E-state index in [4.69, 9.17) is 0 Å². The van der Waals surface area contributed by atoms with Gasteiger partial charge in [0.2, 0.25) is 0 Å². The van der Waals surface area contributed by atoms with Crippen LogP contribution in [0, 0.1) is 17.6 Å². The van der Waals surface area contributed by atoms with Gasteiger partial charge in [0.25, 0.3) is 0 Å². The summed E-state index contributed by atoms with van der Waals surface area (Å²) in [6.07, 6.45) is 1.38. The Kier molecular flexibility index (Phi) is 3.83. The lowest BCUT2D eigenvalue weighted by Gasteiger charge is -2.04. The maximum absolute atomic E-state index is 13.2. The lowest BCUT2D eigenvalue weighted by Crippen LogP contribution is -2.04. The summed E-state index contributed by atoms with van der Waals surface area (Å²) in [5.74, 6) is -2.45. The van der Waals surface area contributed by atoms with Crippen molar-refractivity contribution in [3.63, 3.8) is 0 Å². The minimum Gasteiger partial charge on any atom is -0.478 e. The molecule has 1 aromatic carbocycles. The molecule has 0 bridgehead atoms. The van der Waals surface area contributed by atoms with Crippen LogP contribution in [0.15, 0.2) is 24.4 Å². The summed E-state index contributed by atoms with van der Waals surface area (Å²) in [7, 11) is 0. The number of aromatic nitrogens is 2. The number of rotatable bonds is 4. The van der Waals surface area contributed by atoms with Crippen LogP contribution in [0.5, 0.6) is 0 Å². The summed E-state index contributed by atoms with van der Waals surface area (Å²) in [6, 6.07) is 2.87. The molecule has 0 aliphatic heterocycles. The second-order valence-electron chi connectivity index (χ2n) is 4.97. The van der Waals surface area contributed by atoms with Crippen molar-refractivity contribution in [1.82, 2.24) is 9.78 Å². The van der Waals surface area contributed by atoms with Crippen LogP contribution < -0.4 is 0 Å². The molecule has 0 unspecified atom stereocenters. The molecule has 6 heteroatoms. The number of carboxylic acids is 1. The van der Waals surface area contributed by atoms with Gasteiger partial charge in [0.15, 0.2) is 0 Å². The number of carboxylic acid groups (broad SMARTS) is 1. The molecule has 0 fully saturated rings. The summed E-state index contributed by atoms with van der Waals surface area (Å²) in [6.45, 7) is 4.45. The van der Waals surface area contributed by atoms with Gasteiger partial charge in [-0.05, 0) is 18.1 Å². The van der Waals surface area contributed by atoms with Crippen LogP contribution in [0.1, 0.15) is 24.2 Å². The monoisotopic (exact) mass is 280 g/mol. The third kappa shape index (κ3) is 3.01. The van der Waals surface area contributed by atoms with Crippen molar-refractivity contribution in [1.29, 1.82) is 0 Å². The first kappa shape index (κ1) is 14.2. The van der Waals surface area contributed by atoms with E-state index < -0.39 is 17.6 Å². The van der Waals surface area contributed by atoms with E-state index >= 15 is 0 Å². The molecule has 0 aliphatic carbocycles. The number of halogens is 2. The molecule has 2 aromatic rings. The number of nitrogens with zero attached hydrogens (tertiary/aromatic N) is 2. The van der Waals surface area contributed by atoms with Crippen LogP contribution >= 0.6 is 0 Å². The lowest BCUT2D eigenvalue weighted by atomic mass is 10.1. The van der Waals surface area contributed by atoms with Gasteiger partial charge in [0.1, 0.15) is 22.9 Å². The first-order valence-corrected chi connectivity index (χ1v) is 6.14. The standard InChI is InChI=1S/C14H14F2N2O2/c1-8(2)6-18-7-12(14(19)20)13(17-18)9-3-10(15)5-11(16)4-9/h3-5,7-8H,6H2,1-2H3,(H,19,20). The van der Waals surface area contributed by atoms with Crippen LogP contribution in [0.3, 0.4) is 0 Å². The van der Waals surface area contributed by atoms with E-state index in [1.807, 2.05) is 13.8 Å². The van der Waals surface area contributed by atoms with Gasteiger partial charge < -0.3 is 5.11 Å². The minimum atomic E-state index is -1.18. The van der Waals surface area contributed by atoms with E-state index in [0.29, 0.717) is 6.54 Å². The van der Waals surface area contributed by atoms with Gasteiger partial charge in [-0.15, -0.1) is 0 Å². The molecule has 106 valence electrons. The number of hydrogen-bond donors (Lipinski definition) is 1. The second kappa shape index (κ2) is 5.40. The van der Waals surface area contributed by atoms with E-state index in [1.165, 1.54) is 10.9 Å². The molecule has 2 rings (SSSR count). The summed E-state index contributed by atoms with van der Waals surface area (Å²) in [5, 5.41) is 13.3. The maximum atomic E-state index is 13.2. The highest BCUT2D eigenvalue weighted by molar-refractivity contribution is 5.94. The number of carbonyl (C=O) groups is 1. The molecule has 0 aliphatic rings. The van der Waals surface area contributed by atoms with E-state index in [9.17, 15) is 18.7 Å². The molecule has 1 N–H and O–H groups in total. The zero-order chi connectivity index (χ0) is 14.9. The molecular formula is C14H14F2N2O2. The van der Waals surface area contributed by atoms with E-state index in [2.05, 4.69) is 5.10 Å². The van der Waals surface area contributed by atoms with Gasteiger partial charge in [-0.25, -0.2) is 13.6 Å². The Morgan fingerprint density at radius 1 is 1.30 bits per heavy atom. The Morgan fingerprint density at radius 3 is 2.40 bits per heavy atom. The number of aromatic carboxylic acids is 1. The molecule has 1 aromatic heterocycles. The van der Waals surface area contributed by atoms with Gasteiger partial charge >= 0.3 is 5.97 Å². The highest BCUT2D eigenvalue weighted by Crippen LogP contribution is 2.24. The maximum Gasteiger partial charge on any atom is 0.339 e. The Bertz CT molecular complexity index is 630. The quantitative estimate of drug-likeness (QED) is 0.935. The minimum absolute atomic E-state index is 0.0663. The van der Waals surface area contributed by atoms with Gasteiger partial charge in [-0.2, -0.15) is 5.10 Å². The van der Waals surface area contributed by atoms with Crippen molar-refractivity contribution >= 4 is 5.97 Å². The summed E-state index contributed by atoms with van der Waals surface area (Å²) < 4.78 is 28.0. The molecule has 0 saturated heterocycles. The van der Waals surface area contributed by atoms with E-state index in [0.717, 1.165) is 18.2 Å². The van der Waals surface area contributed by atoms with Crippen LogP contribution in [0.2, 0.25) is 0 Å². The van der Waals surface area contributed by atoms with Crippen LogP contribution in [-0.2, 0) is 6.54 Å². The predicted molar refractivity (Wildman–Crippen MR) is 69.4 cm³/mol. The fourth-order valence-electron chi connectivity index (χ4n) is 1.95. The van der Waals surface area contributed by atoms with Crippen molar-refractivity contribution in [2.24, 2.45) is 5.92 Å². The van der Waals surface area contributed by atoms with Crippen molar-refractivity contribution in [2.75, 3.05) is 0 Å². The zero-order valence-corrected chi connectivity index (χ0v) is 11.1. The van der Waals surface area contributed by atoms with E-state index in [-0.39, 0.29) is 22.7 Å². The van der Waals surface area contributed by atoms with Crippen molar-refractivity contribution < 1.29 is 18.7 Å². The molecule has 20 heavy (non-hydrogen) atoms. The fraction of sp³-hybridized carbons (Fsp3) is 0.286. The first-order chi connectivity index (χ1) is 9.36. The fourth-order valence-corrected chi connectivity index (χ4v) is 1.95. The highest BCUT2D eigenvalue weighted by atomic mass is 19.1. The molecular weight excluding hydrogens is 266 g/mol. The largest absolute Gasteiger partial charge is 0.478 e. The van der Waals surface area contributed by atoms with E-state index in [1.54, 1.807) is 0 Å². The highest BCUT2D eigenvalue weighted by Gasteiger charge is 2.18. The predicted octanol–water partition coefficient (Wildman–Crippen LogP) is 3.18. The molecule has 4 nitrogen and oxygen atoms in total. The Balaban J connectivity index is 2.53. The summed E-state index contributed by atoms with van der Waals surface area (Å²) in [5.41, 5.74) is 0.106. The molecule has 0 saturated carbocycles.